The van der Waals surface area contributed by atoms with Crippen LogP contribution in [-0.2, 0) is 6.42 Å². The summed E-state index contributed by atoms with van der Waals surface area (Å²) in [4.78, 5) is 4.05. The molecule has 5 heteroatoms. The van der Waals surface area contributed by atoms with Crippen molar-refractivity contribution in [2.75, 3.05) is 5.32 Å². The van der Waals surface area contributed by atoms with Crippen LogP contribution in [0.1, 0.15) is 17.4 Å². The van der Waals surface area contributed by atoms with Gasteiger partial charge in [-0.15, -0.1) is 10.2 Å². The minimum atomic E-state index is 0.180. The van der Waals surface area contributed by atoms with Crippen LogP contribution in [0.4, 0.5) is 5.69 Å². The first kappa shape index (κ1) is 9.58. The first-order valence-electron chi connectivity index (χ1n) is 5.91. The lowest BCUT2D eigenvalue weighted by atomic mass is 10.1. The van der Waals surface area contributed by atoms with Gasteiger partial charge in [0.1, 0.15) is 0 Å². The van der Waals surface area contributed by atoms with E-state index in [1.54, 1.807) is 12.4 Å². The van der Waals surface area contributed by atoms with Gasteiger partial charge in [-0.05, 0) is 11.6 Å². The van der Waals surface area contributed by atoms with Crippen LogP contribution in [0, 0.1) is 0 Å². The van der Waals surface area contributed by atoms with E-state index in [9.17, 15) is 0 Å². The van der Waals surface area contributed by atoms with Gasteiger partial charge in [0.15, 0.2) is 11.5 Å². The fraction of sp³-hybridized carbons (Fsp3) is 0.154. The molecule has 18 heavy (non-hydrogen) atoms. The van der Waals surface area contributed by atoms with Crippen molar-refractivity contribution in [1.82, 2.24) is 19.6 Å². The Labute approximate surface area is 104 Å². The number of anilines is 1. The van der Waals surface area contributed by atoms with Crippen LogP contribution in [0.15, 0.2) is 42.9 Å². The Morgan fingerprint density at radius 1 is 1.22 bits per heavy atom. The maximum Gasteiger partial charge on any atom is 0.179 e. The molecule has 1 aliphatic rings. The molecule has 1 aromatic carbocycles. The van der Waals surface area contributed by atoms with Crippen molar-refractivity contribution in [3.05, 3.63) is 54.2 Å². The Kier molecular flexibility index (Phi) is 1.88. The molecule has 0 saturated carbocycles. The summed E-state index contributed by atoms with van der Waals surface area (Å²) in [5.74, 6) is 0.934. The van der Waals surface area contributed by atoms with Crippen LogP contribution in [-0.4, -0.2) is 19.6 Å². The van der Waals surface area contributed by atoms with Crippen molar-refractivity contribution in [3.8, 4) is 0 Å². The SMILES string of the molecule is c1ccc2c(c1)CC(c1nnc3cnccn13)N2. The molecule has 2 aromatic heterocycles. The van der Waals surface area contributed by atoms with Crippen molar-refractivity contribution in [2.45, 2.75) is 12.5 Å². The van der Waals surface area contributed by atoms with E-state index in [4.69, 9.17) is 0 Å². The van der Waals surface area contributed by atoms with Crippen LogP contribution in [0.25, 0.3) is 5.65 Å². The number of nitrogens with zero attached hydrogens (tertiary/aromatic N) is 4. The van der Waals surface area contributed by atoms with E-state index in [1.807, 2.05) is 16.7 Å². The lowest BCUT2D eigenvalue weighted by Gasteiger charge is -2.08. The van der Waals surface area contributed by atoms with Gasteiger partial charge in [0.05, 0.1) is 12.2 Å². The summed E-state index contributed by atoms with van der Waals surface area (Å²) in [6, 6.07) is 8.53. The molecule has 88 valence electrons. The smallest absolute Gasteiger partial charge is 0.179 e. The quantitative estimate of drug-likeness (QED) is 0.701. The maximum absolute atomic E-state index is 4.27. The summed E-state index contributed by atoms with van der Waals surface area (Å²) < 4.78 is 1.98. The Hall–Kier alpha value is -2.43. The van der Waals surface area contributed by atoms with E-state index in [1.165, 1.54) is 11.3 Å². The summed E-state index contributed by atoms with van der Waals surface area (Å²) in [7, 11) is 0. The summed E-state index contributed by atoms with van der Waals surface area (Å²) in [5, 5.41) is 11.9. The van der Waals surface area contributed by atoms with E-state index in [-0.39, 0.29) is 6.04 Å². The van der Waals surface area contributed by atoms with Crippen molar-refractivity contribution < 1.29 is 0 Å². The standard InChI is InChI=1S/C13H11N5/c1-2-4-10-9(3-1)7-11(15-10)13-17-16-12-8-14-5-6-18(12)13/h1-6,8,11,15H,7H2. The van der Waals surface area contributed by atoms with Crippen molar-refractivity contribution >= 4 is 11.3 Å². The van der Waals surface area contributed by atoms with E-state index >= 15 is 0 Å². The van der Waals surface area contributed by atoms with E-state index in [0.717, 1.165) is 17.9 Å². The fourth-order valence-corrected chi connectivity index (χ4v) is 2.46. The molecular formula is C13H11N5. The molecule has 0 bridgehead atoms. The van der Waals surface area contributed by atoms with E-state index < -0.39 is 0 Å². The first-order chi connectivity index (χ1) is 8.92. The largest absolute Gasteiger partial charge is 0.375 e. The number of hydrogen-bond donors (Lipinski definition) is 1. The zero-order valence-corrected chi connectivity index (χ0v) is 9.61. The number of para-hydroxylation sites is 1. The van der Waals surface area contributed by atoms with Gasteiger partial charge in [-0.3, -0.25) is 9.38 Å². The van der Waals surface area contributed by atoms with Crippen LogP contribution < -0.4 is 5.32 Å². The average Bonchev–Trinajstić information content (AvgIpc) is 3.02. The predicted octanol–water partition coefficient (Wildman–Crippen LogP) is 1.83. The number of hydrogen-bond acceptors (Lipinski definition) is 4. The normalized spacial score (nSPS) is 17.7. The number of aromatic nitrogens is 4. The van der Waals surface area contributed by atoms with Crippen LogP contribution in [0.3, 0.4) is 0 Å². The third-order valence-electron chi connectivity index (χ3n) is 3.32. The topological polar surface area (TPSA) is 55.1 Å². The van der Waals surface area contributed by atoms with Gasteiger partial charge < -0.3 is 5.32 Å². The van der Waals surface area contributed by atoms with Gasteiger partial charge in [-0.1, -0.05) is 18.2 Å². The Bertz CT molecular complexity index is 693. The van der Waals surface area contributed by atoms with Gasteiger partial charge in [0.2, 0.25) is 0 Å². The molecule has 1 N–H and O–H groups in total. The highest BCUT2D eigenvalue weighted by atomic mass is 15.3. The molecule has 0 saturated heterocycles. The maximum atomic E-state index is 4.27. The second-order valence-electron chi connectivity index (χ2n) is 4.42. The third kappa shape index (κ3) is 1.30. The summed E-state index contributed by atoms with van der Waals surface area (Å²) >= 11 is 0. The summed E-state index contributed by atoms with van der Waals surface area (Å²) in [6.07, 6.45) is 6.31. The second kappa shape index (κ2) is 3.53. The highest BCUT2D eigenvalue weighted by Crippen LogP contribution is 2.32. The Morgan fingerprint density at radius 3 is 3.11 bits per heavy atom. The van der Waals surface area contributed by atoms with Gasteiger partial charge in [-0.2, -0.15) is 0 Å². The van der Waals surface area contributed by atoms with Gasteiger partial charge in [0, 0.05) is 24.5 Å². The van der Waals surface area contributed by atoms with E-state index in [0.29, 0.717) is 0 Å². The monoisotopic (exact) mass is 237 g/mol. The number of fused-ring (bicyclic) bond motifs is 2. The van der Waals surface area contributed by atoms with Crippen molar-refractivity contribution in [1.29, 1.82) is 0 Å². The molecule has 3 aromatic rings. The van der Waals surface area contributed by atoms with Gasteiger partial charge in [-0.25, -0.2) is 0 Å². The molecule has 0 spiro atoms. The lowest BCUT2D eigenvalue weighted by molar-refractivity contribution is 0.734. The van der Waals surface area contributed by atoms with Crippen LogP contribution >= 0.6 is 0 Å². The number of nitrogens with one attached hydrogen (secondary N) is 1. The molecule has 1 aliphatic heterocycles. The van der Waals surface area contributed by atoms with Gasteiger partial charge in [0.25, 0.3) is 0 Å². The minimum Gasteiger partial charge on any atom is -0.375 e. The van der Waals surface area contributed by atoms with Gasteiger partial charge >= 0.3 is 0 Å². The van der Waals surface area contributed by atoms with E-state index in [2.05, 4.69) is 38.7 Å². The molecule has 3 heterocycles. The molecule has 1 atom stereocenters. The number of rotatable bonds is 1. The van der Waals surface area contributed by atoms with Crippen LogP contribution in [0.2, 0.25) is 0 Å². The zero-order valence-electron chi connectivity index (χ0n) is 9.61. The molecule has 5 nitrogen and oxygen atoms in total. The summed E-state index contributed by atoms with van der Waals surface area (Å²) in [6.45, 7) is 0. The zero-order chi connectivity index (χ0) is 11.9. The molecule has 0 radical (unpaired) electrons. The lowest BCUT2D eigenvalue weighted by Crippen LogP contribution is -2.10. The minimum absolute atomic E-state index is 0.180. The Morgan fingerprint density at radius 2 is 2.17 bits per heavy atom. The predicted molar refractivity (Wildman–Crippen MR) is 67.3 cm³/mol. The Balaban J connectivity index is 1.78. The molecule has 0 aliphatic carbocycles. The summed E-state index contributed by atoms with van der Waals surface area (Å²) in [5.41, 5.74) is 3.30. The highest BCUT2D eigenvalue weighted by molar-refractivity contribution is 5.57. The van der Waals surface area contributed by atoms with Crippen molar-refractivity contribution in [3.63, 3.8) is 0 Å². The molecule has 1 unspecified atom stereocenters. The molecule has 0 fully saturated rings. The third-order valence-corrected chi connectivity index (χ3v) is 3.32. The first-order valence-corrected chi connectivity index (χ1v) is 5.91. The fourth-order valence-electron chi connectivity index (χ4n) is 2.46. The average molecular weight is 237 g/mol. The molecular weight excluding hydrogens is 226 g/mol. The molecule has 4 rings (SSSR count). The molecule has 0 amide bonds. The van der Waals surface area contributed by atoms with Crippen molar-refractivity contribution in [2.24, 2.45) is 0 Å². The highest BCUT2D eigenvalue weighted by Gasteiger charge is 2.25. The van der Waals surface area contributed by atoms with Crippen LogP contribution in [0.5, 0.6) is 0 Å². The second-order valence-corrected chi connectivity index (χ2v) is 4.42. The number of benzene rings is 1.